The number of carbonyl (C=O) groups is 8. The van der Waals surface area contributed by atoms with E-state index < -0.39 is 401 Å². The number of nitrogens with zero attached hydrogens (tertiary/aromatic N) is 3. The summed E-state index contributed by atoms with van der Waals surface area (Å²) in [5.74, 6) is -13.8. The van der Waals surface area contributed by atoms with E-state index in [2.05, 4.69) is 27.2 Å². The van der Waals surface area contributed by atoms with Gasteiger partial charge in [0, 0.05) is 89.4 Å². The minimum absolute atomic E-state index is 0.571. The number of hydroxylamine groups is 4. The van der Waals surface area contributed by atoms with Gasteiger partial charge >= 0.3 is 31.5 Å². The van der Waals surface area contributed by atoms with Crippen LogP contribution < -0.4 is 43.2 Å². The first-order valence-corrected chi connectivity index (χ1v) is 39.2. The summed E-state index contributed by atoms with van der Waals surface area (Å²) in [5, 5.41) is 351. The van der Waals surface area contributed by atoms with Crippen LogP contribution in [0.3, 0.4) is 0 Å². The van der Waals surface area contributed by atoms with Gasteiger partial charge in [-0.1, -0.05) is 0 Å². The molecule has 60 nitrogen and oxygen atoms in total. The Labute approximate surface area is 703 Å². The highest BCUT2D eigenvalue weighted by atomic mass is 31.2. The van der Waals surface area contributed by atoms with Crippen LogP contribution in [0, 0.1) is 10.8 Å². The van der Waals surface area contributed by atoms with Crippen molar-refractivity contribution >= 4 is 55.1 Å². The summed E-state index contributed by atoms with van der Waals surface area (Å²) in [6.45, 7) is -24.3. The average molecular weight is 1850 g/mol. The van der Waals surface area contributed by atoms with Gasteiger partial charge in [0.05, 0.1) is 85.6 Å². The lowest BCUT2D eigenvalue weighted by Crippen LogP contribution is -2.61. The number of nitrogens with one attached hydrogen (secondary N) is 8. The second-order valence-electron chi connectivity index (χ2n) is 28.8. The van der Waals surface area contributed by atoms with Crippen molar-refractivity contribution in [3.05, 3.63) is 0 Å². The molecule has 26 atom stereocenters. The first kappa shape index (κ1) is 118. The highest BCUT2D eigenvalue weighted by Crippen LogP contribution is 2.35. The quantitative estimate of drug-likeness (QED) is 0.0153. The second kappa shape index (κ2) is 60.2. The molecule has 0 aliphatic carbocycles. The molecule has 44 N–H and O–H groups in total. The van der Waals surface area contributed by atoms with Crippen LogP contribution in [-0.4, -0.2) is 568 Å². The van der Waals surface area contributed by atoms with Crippen LogP contribution in [0.1, 0.15) is 12.8 Å². The molecule has 0 bridgehead atoms. The number of carbonyl (C=O) groups excluding carboxylic acids is 4. The van der Waals surface area contributed by atoms with Gasteiger partial charge in [-0.05, 0) is 6.42 Å². The predicted octanol–water partition coefficient (Wildman–Crippen LogP) is -26.0. The van der Waals surface area contributed by atoms with E-state index in [0.29, 0.717) is 9.80 Å². The third-order valence-electron chi connectivity index (χ3n) is 18.9. The molecule has 0 aliphatic heterocycles. The van der Waals surface area contributed by atoms with Crippen molar-refractivity contribution in [3.63, 3.8) is 0 Å². The molecule has 0 aromatic rings. The first-order valence-electron chi connectivity index (χ1n) is 37.4. The lowest BCUT2D eigenvalue weighted by Gasteiger charge is -2.36. The molecule has 0 rings (SSSR count). The average Bonchev–Trinajstić information content (AvgIpc) is 0.832. The number of rotatable bonds is 74. The molecule has 0 spiro atoms. The van der Waals surface area contributed by atoms with Gasteiger partial charge in [0.2, 0.25) is 5.91 Å². The molecule has 26 unspecified atom stereocenters. The SMILES string of the molecule is O=C(O)CN(CCN(CCN(CC(=O)O)C(CC(=O)NCC(CNOCC(O)C(O)C(O)C(O)CO)(CNOCC(O)C(O)C(O)C(O)CO)CNOCC(O)C(O)C(O)C(O)CO)C(=O)O)CP(=O)(O)O)C(CCONCC(CNC(=O)C(O)C(O)C(O)C(O)CO)(CNC(=O)C(O)C(O)C(O)C(O)CO)CNC(=O)C(O)C(O)C(O)C(O)CO)C(=O)O. The van der Waals surface area contributed by atoms with E-state index in [9.17, 15) is 226 Å². The summed E-state index contributed by atoms with van der Waals surface area (Å²) in [5.41, 5.74) is 4.96. The zero-order valence-corrected chi connectivity index (χ0v) is 67.2. The van der Waals surface area contributed by atoms with E-state index in [1.54, 1.807) is 0 Å². The minimum Gasteiger partial charge on any atom is -0.480 e. The molecule has 61 heteroatoms. The first-order chi connectivity index (χ1) is 57.7. The van der Waals surface area contributed by atoms with E-state index in [1.807, 2.05) is 16.0 Å². The van der Waals surface area contributed by atoms with Crippen LogP contribution in [0.15, 0.2) is 0 Å². The van der Waals surface area contributed by atoms with E-state index >= 15 is 0 Å². The van der Waals surface area contributed by atoms with Crippen molar-refractivity contribution in [1.29, 1.82) is 0 Å². The number of aliphatic hydroxyl groups excluding tert-OH is 30. The Hall–Kier alpha value is -5.73. The number of aliphatic carboxylic acids is 4. The lowest BCUT2D eigenvalue weighted by molar-refractivity contribution is -0.151. The molecule has 730 valence electrons. The van der Waals surface area contributed by atoms with E-state index in [1.165, 1.54) is 0 Å². The number of carboxylic acids is 4. The summed E-state index contributed by atoms with van der Waals surface area (Å²) in [4.78, 5) is 149. The smallest absolute Gasteiger partial charge is 0.339 e. The molecule has 0 fully saturated rings. The molecule has 0 saturated carbocycles. The largest absolute Gasteiger partial charge is 0.480 e. The van der Waals surface area contributed by atoms with Crippen molar-refractivity contribution in [2.45, 2.75) is 171 Å². The Morgan fingerprint density at radius 1 is 0.323 bits per heavy atom. The molecule has 0 aromatic carbocycles. The van der Waals surface area contributed by atoms with Gasteiger partial charge in [0.15, 0.2) is 18.3 Å². The van der Waals surface area contributed by atoms with Crippen molar-refractivity contribution in [2.75, 3.05) is 164 Å². The number of carboxylic acid groups (broad SMARTS) is 4. The minimum atomic E-state index is -5.33. The van der Waals surface area contributed by atoms with Gasteiger partial charge in [-0.15, -0.1) is 0 Å². The number of aliphatic hydroxyl groups is 30. The molecular weight excluding hydrogens is 1730 g/mol. The van der Waals surface area contributed by atoms with E-state index in [0.717, 1.165) is 4.90 Å². The Kier molecular flexibility index (Phi) is 57.4. The highest BCUT2D eigenvalue weighted by Gasteiger charge is 2.44. The third-order valence-corrected chi connectivity index (χ3v) is 19.6. The lowest BCUT2D eigenvalue weighted by atomic mass is 9.86. The fraction of sp³-hybridized carbons (Fsp3) is 0.873. The molecule has 0 radical (unpaired) electrons. The topological polar surface area (TPSA) is 1020 Å². The molecule has 0 saturated heterocycles. The van der Waals surface area contributed by atoms with E-state index in [-0.39, 0.29) is 0 Å². The Bertz CT molecular complexity index is 2910. The zero-order chi connectivity index (χ0) is 95.4. The maximum atomic E-state index is 14.1. The maximum Gasteiger partial charge on any atom is 0.339 e. The van der Waals surface area contributed by atoms with Crippen molar-refractivity contribution < 1.29 is 246 Å². The number of hydrogen-bond acceptors (Lipinski definition) is 50. The monoisotopic (exact) mass is 1850 g/mol. The van der Waals surface area contributed by atoms with Gasteiger partial charge < -0.3 is 210 Å². The van der Waals surface area contributed by atoms with Crippen molar-refractivity contribution in [1.82, 2.24) is 57.9 Å². The molecule has 0 aliphatic rings. The fourth-order valence-corrected chi connectivity index (χ4v) is 11.7. The molecule has 0 aromatic heterocycles. The molecular formula is C63H124N11O49P. The molecule has 4 amide bonds. The van der Waals surface area contributed by atoms with Crippen LogP contribution in [-0.2, 0) is 62.3 Å². The highest BCUT2D eigenvalue weighted by molar-refractivity contribution is 7.51. The third kappa shape index (κ3) is 42.7. The summed E-state index contributed by atoms with van der Waals surface area (Å²) in [6, 6.07) is -4.32. The van der Waals surface area contributed by atoms with Gasteiger partial charge in [0.1, 0.15) is 147 Å². The summed E-state index contributed by atoms with van der Waals surface area (Å²) in [6.07, 6.45) is -58.9. The Balaban J connectivity index is 7.69. The van der Waals surface area contributed by atoms with Crippen LogP contribution in [0.25, 0.3) is 0 Å². The second-order valence-corrected chi connectivity index (χ2v) is 30.4. The van der Waals surface area contributed by atoms with Crippen LogP contribution in [0.5, 0.6) is 0 Å². The van der Waals surface area contributed by atoms with Crippen molar-refractivity contribution in [2.24, 2.45) is 10.8 Å². The fourth-order valence-electron chi connectivity index (χ4n) is 10.9. The van der Waals surface area contributed by atoms with Crippen LogP contribution in [0.4, 0.5) is 0 Å². The molecule has 124 heavy (non-hydrogen) atoms. The van der Waals surface area contributed by atoms with Gasteiger partial charge in [-0.3, -0.25) is 72.1 Å². The number of amides is 4. The van der Waals surface area contributed by atoms with Gasteiger partial charge in [-0.2, -0.15) is 0 Å². The van der Waals surface area contributed by atoms with Gasteiger partial charge in [-0.25, -0.2) is 21.9 Å². The normalized spacial score (nSPS) is 19.7. The standard InChI is InChI=1S/C63H124N11O49P/c75-10-30(81)42(95)48(101)36(87)16-121-69-24-63(25-70-122-17-37(88)49(102)43(96)31(82)11-76,26-71-123-18-38(89)50(103)44(97)32(83)12-77)19-64-39(90)7-29(61(115)116)74(9-41(93)94)5-3-72(27-124(117,118)119)2-4-73(8-40(91)92)28(60(113)114)1-6-120-68-23-62(20-65-57(110)54(107)51(104)45(98)33(84)13-78,21-66-58(111)55(108)52(105)46(99)34(85)14-79)22-67-59(112)56(109)53(106)47(100)35(86)15-80/h28-38,42-56,68-71,75-89,95-109H,1-27H2,(H,64,90)(H,65,110)(H,66,111)(H,67,112)(H,91,92)(H,93,94)(H,113,114)(H,115,116)(H2,117,118,119). The van der Waals surface area contributed by atoms with Gasteiger partial charge in [0.25, 0.3) is 17.7 Å². The Morgan fingerprint density at radius 3 is 0.839 bits per heavy atom. The number of hydrogen-bond donors (Lipinski definition) is 44. The summed E-state index contributed by atoms with van der Waals surface area (Å²) < 4.78 is 12.7. The maximum absolute atomic E-state index is 14.1. The predicted molar refractivity (Wildman–Crippen MR) is 398 cm³/mol. The summed E-state index contributed by atoms with van der Waals surface area (Å²) in [7, 11) is -5.33. The zero-order valence-electron chi connectivity index (χ0n) is 66.3. The van der Waals surface area contributed by atoms with E-state index in [4.69, 9.17) is 19.4 Å². The molecule has 0 heterocycles. The Morgan fingerprint density at radius 2 is 0.573 bits per heavy atom. The summed E-state index contributed by atoms with van der Waals surface area (Å²) >= 11 is 0. The van der Waals surface area contributed by atoms with Crippen LogP contribution >= 0.6 is 7.60 Å². The van der Waals surface area contributed by atoms with Crippen LogP contribution in [0.2, 0.25) is 0 Å². The van der Waals surface area contributed by atoms with Crippen molar-refractivity contribution in [3.8, 4) is 0 Å².